The van der Waals surface area contributed by atoms with Gasteiger partial charge < -0.3 is 9.88 Å². The summed E-state index contributed by atoms with van der Waals surface area (Å²) in [7, 11) is -2.95. The Labute approximate surface area is 176 Å². The van der Waals surface area contributed by atoms with Crippen molar-refractivity contribution in [2.45, 2.75) is 6.04 Å². The van der Waals surface area contributed by atoms with Gasteiger partial charge in [-0.1, -0.05) is 91.0 Å². The number of hydrogen-bond acceptors (Lipinski definition) is 2. The molecule has 0 aromatic heterocycles. The molecule has 0 bridgehead atoms. The van der Waals surface area contributed by atoms with Gasteiger partial charge in [-0.05, 0) is 29.8 Å². The Morgan fingerprint density at radius 1 is 0.667 bits per heavy atom. The minimum Gasteiger partial charge on any atom is -0.378 e. The van der Waals surface area contributed by atoms with Gasteiger partial charge in [0.2, 0.25) is 0 Å². The molecule has 0 saturated carbocycles. The maximum Gasteiger partial charge on any atom is 0.145 e. The van der Waals surface area contributed by atoms with E-state index in [0.717, 1.165) is 21.9 Å². The SMILES string of the molecule is O=P(CC(Nc1ccccc1)c1ccc(F)cc1)(c1ccccc1)c1ccccc1. The van der Waals surface area contributed by atoms with Crippen molar-refractivity contribution in [3.8, 4) is 0 Å². The molecule has 4 aromatic carbocycles. The van der Waals surface area contributed by atoms with Crippen LogP contribution in [0.5, 0.6) is 0 Å². The normalized spacial score (nSPS) is 12.3. The molecule has 30 heavy (non-hydrogen) atoms. The van der Waals surface area contributed by atoms with Gasteiger partial charge in [0.25, 0.3) is 0 Å². The maximum atomic E-state index is 14.5. The third-order valence-corrected chi connectivity index (χ3v) is 8.32. The topological polar surface area (TPSA) is 29.1 Å². The van der Waals surface area contributed by atoms with Gasteiger partial charge in [0, 0.05) is 22.5 Å². The summed E-state index contributed by atoms with van der Waals surface area (Å²) in [6, 6.07) is 35.2. The zero-order valence-corrected chi connectivity index (χ0v) is 17.4. The van der Waals surface area contributed by atoms with Crippen molar-refractivity contribution in [3.63, 3.8) is 0 Å². The van der Waals surface area contributed by atoms with Crippen molar-refractivity contribution in [1.82, 2.24) is 0 Å². The molecule has 0 aliphatic heterocycles. The van der Waals surface area contributed by atoms with Crippen molar-refractivity contribution in [2.24, 2.45) is 0 Å². The molecular formula is C26H23FNOP. The van der Waals surface area contributed by atoms with Crippen molar-refractivity contribution >= 4 is 23.4 Å². The first-order valence-corrected chi connectivity index (χ1v) is 11.8. The standard InChI is InChI=1S/C26H23FNOP/c27-22-18-16-21(17-19-22)26(28-23-10-4-1-5-11-23)20-30(29,24-12-6-2-7-13-24)25-14-8-3-9-15-25/h1-19,26,28H,20H2. The van der Waals surface area contributed by atoms with Crippen LogP contribution in [0.3, 0.4) is 0 Å². The third-order valence-electron chi connectivity index (χ3n) is 5.17. The summed E-state index contributed by atoms with van der Waals surface area (Å²) in [6.07, 6.45) is 0.377. The molecular weight excluding hydrogens is 392 g/mol. The Balaban J connectivity index is 1.78. The van der Waals surface area contributed by atoms with Gasteiger partial charge in [0.1, 0.15) is 13.0 Å². The summed E-state index contributed by atoms with van der Waals surface area (Å²) in [5, 5.41) is 5.15. The smallest absolute Gasteiger partial charge is 0.145 e. The number of benzene rings is 4. The summed E-state index contributed by atoms with van der Waals surface area (Å²) in [4.78, 5) is 0. The van der Waals surface area contributed by atoms with E-state index in [9.17, 15) is 8.96 Å². The predicted octanol–water partition coefficient (Wildman–Crippen LogP) is 5.99. The van der Waals surface area contributed by atoms with Crippen molar-refractivity contribution in [3.05, 3.63) is 127 Å². The summed E-state index contributed by atoms with van der Waals surface area (Å²) >= 11 is 0. The van der Waals surface area contributed by atoms with E-state index in [2.05, 4.69) is 5.32 Å². The Hall–Kier alpha value is -3.16. The molecule has 4 aromatic rings. The molecule has 1 N–H and O–H groups in total. The first kappa shape index (κ1) is 20.1. The second-order valence-corrected chi connectivity index (χ2v) is 10.1. The van der Waals surface area contributed by atoms with Gasteiger partial charge in [-0.15, -0.1) is 0 Å². The first-order chi connectivity index (χ1) is 14.6. The fourth-order valence-corrected chi connectivity index (χ4v) is 6.46. The molecule has 4 rings (SSSR count). The quantitative estimate of drug-likeness (QED) is 0.376. The van der Waals surface area contributed by atoms with Gasteiger partial charge in [-0.2, -0.15) is 0 Å². The zero-order valence-electron chi connectivity index (χ0n) is 16.5. The van der Waals surface area contributed by atoms with Crippen LogP contribution in [-0.2, 0) is 4.57 Å². The molecule has 0 heterocycles. The van der Waals surface area contributed by atoms with Crippen molar-refractivity contribution in [1.29, 1.82) is 0 Å². The number of hydrogen-bond donors (Lipinski definition) is 1. The van der Waals surface area contributed by atoms with Crippen LogP contribution in [0.2, 0.25) is 0 Å². The highest BCUT2D eigenvalue weighted by atomic mass is 31.2. The molecule has 1 unspecified atom stereocenters. The van der Waals surface area contributed by atoms with Crippen LogP contribution >= 0.6 is 7.14 Å². The van der Waals surface area contributed by atoms with Gasteiger partial charge in [0.15, 0.2) is 0 Å². The van der Waals surface area contributed by atoms with Crippen LogP contribution in [0, 0.1) is 5.82 Å². The average Bonchev–Trinajstić information content (AvgIpc) is 2.81. The van der Waals surface area contributed by atoms with E-state index in [-0.39, 0.29) is 11.9 Å². The molecule has 150 valence electrons. The van der Waals surface area contributed by atoms with E-state index < -0.39 is 7.14 Å². The van der Waals surface area contributed by atoms with E-state index in [1.165, 1.54) is 12.1 Å². The second kappa shape index (κ2) is 9.11. The third kappa shape index (κ3) is 4.53. The van der Waals surface area contributed by atoms with Gasteiger partial charge in [-0.3, -0.25) is 0 Å². The molecule has 4 heteroatoms. The number of rotatable bonds is 7. The molecule has 0 fully saturated rings. The van der Waals surface area contributed by atoms with E-state index in [0.29, 0.717) is 6.16 Å². The lowest BCUT2D eigenvalue weighted by atomic mass is 10.1. The largest absolute Gasteiger partial charge is 0.378 e. The summed E-state index contributed by atoms with van der Waals surface area (Å²) in [6.45, 7) is 0. The van der Waals surface area contributed by atoms with Crippen LogP contribution < -0.4 is 15.9 Å². The molecule has 0 aliphatic carbocycles. The molecule has 2 nitrogen and oxygen atoms in total. The minimum atomic E-state index is -2.95. The number of para-hydroxylation sites is 1. The van der Waals surface area contributed by atoms with Crippen LogP contribution in [-0.4, -0.2) is 6.16 Å². The van der Waals surface area contributed by atoms with Gasteiger partial charge in [-0.25, -0.2) is 4.39 Å². The van der Waals surface area contributed by atoms with Crippen molar-refractivity contribution < 1.29 is 8.96 Å². The fourth-order valence-electron chi connectivity index (χ4n) is 3.62. The summed E-state index contributed by atoms with van der Waals surface area (Å²) in [5.41, 5.74) is 1.83. The fraction of sp³-hybridized carbons (Fsp3) is 0.0769. The van der Waals surface area contributed by atoms with Crippen LogP contribution in [0.4, 0.5) is 10.1 Å². The lowest BCUT2D eigenvalue weighted by molar-refractivity contribution is 0.584. The number of halogens is 1. The highest BCUT2D eigenvalue weighted by Gasteiger charge is 2.31. The van der Waals surface area contributed by atoms with E-state index >= 15 is 0 Å². The van der Waals surface area contributed by atoms with Crippen LogP contribution in [0.25, 0.3) is 0 Å². The molecule has 0 amide bonds. The van der Waals surface area contributed by atoms with Gasteiger partial charge >= 0.3 is 0 Å². The molecule has 1 atom stereocenters. The maximum absolute atomic E-state index is 14.5. The Bertz CT molecular complexity index is 1070. The Kier molecular flexibility index (Phi) is 6.11. The number of anilines is 1. The highest BCUT2D eigenvalue weighted by Crippen LogP contribution is 2.47. The summed E-state index contributed by atoms with van der Waals surface area (Å²) in [5.74, 6) is -0.286. The first-order valence-electron chi connectivity index (χ1n) is 9.92. The highest BCUT2D eigenvalue weighted by molar-refractivity contribution is 7.78. The predicted molar refractivity (Wildman–Crippen MR) is 124 cm³/mol. The molecule has 0 saturated heterocycles. The van der Waals surface area contributed by atoms with Gasteiger partial charge in [0.05, 0.1) is 6.04 Å². The molecule has 0 radical (unpaired) electrons. The zero-order chi connectivity index (χ0) is 20.8. The van der Waals surface area contributed by atoms with Crippen LogP contribution in [0.15, 0.2) is 115 Å². The monoisotopic (exact) mass is 415 g/mol. The van der Waals surface area contributed by atoms with E-state index in [4.69, 9.17) is 0 Å². The van der Waals surface area contributed by atoms with Crippen LogP contribution in [0.1, 0.15) is 11.6 Å². The molecule has 0 aliphatic rings. The Morgan fingerprint density at radius 3 is 1.63 bits per heavy atom. The summed E-state index contributed by atoms with van der Waals surface area (Å²) < 4.78 is 28.1. The van der Waals surface area contributed by atoms with Crippen molar-refractivity contribution in [2.75, 3.05) is 11.5 Å². The van der Waals surface area contributed by atoms with E-state index in [1.54, 1.807) is 12.1 Å². The number of nitrogens with one attached hydrogen (secondary N) is 1. The average molecular weight is 415 g/mol. The lowest BCUT2D eigenvalue weighted by Gasteiger charge is -2.27. The lowest BCUT2D eigenvalue weighted by Crippen LogP contribution is -2.25. The Morgan fingerprint density at radius 2 is 1.13 bits per heavy atom. The second-order valence-electron chi connectivity index (χ2n) is 7.21. The van der Waals surface area contributed by atoms with E-state index in [1.807, 2.05) is 91.0 Å². The molecule has 0 spiro atoms. The minimum absolute atomic E-state index is 0.251.